The van der Waals surface area contributed by atoms with Gasteiger partial charge in [0.05, 0.1) is 6.10 Å². The second-order valence-electron chi connectivity index (χ2n) is 6.87. The number of carbonyl (C=O) groups is 1. The van der Waals surface area contributed by atoms with Crippen molar-refractivity contribution in [3.05, 3.63) is 35.6 Å². The summed E-state index contributed by atoms with van der Waals surface area (Å²) in [7, 11) is 0. The Kier molecular flexibility index (Phi) is 5.06. The molecule has 0 spiro atoms. The van der Waals surface area contributed by atoms with Gasteiger partial charge in [-0.05, 0) is 51.3 Å². The molecule has 1 saturated heterocycles. The van der Waals surface area contributed by atoms with E-state index < -0.39 is 11.7 Å². The van der Waals surface area contributed by atoms with Gasteiger partial charge in [-0.2, -0.15) is 0 Å². The summed E-state index contributed by atoms with van der Waals surface area (Å²) in [6, 6.07) is 6.14. The average Bonchev–Trinajstić information content (AvgIpc) is 2.89. The molecule has 2 unspecified atom stereocenters. The van der Waals surface area contributed by atoms with Crippen LogP contribution < -0.4 is 0 Å². The van der Waals surface area contributed by atoms with E-state index in [-0.39, 0.29) is 17.8 Å². The summed E-state index contributed by atoms with van der Waals surface area (Å²) < 4.78 is 18.2. The zero-order valence-electron chi connectivity index (χ0n) is 13.4. The van der Waals surface area contributed by atoms with Gasteiger partial charge in [0.25, 0.3) is 0 Å². The molecule has 0 aromatic heterocycles. The van der Waals surface area contributed by atoms with Crippen molar-refractivity contribution in [3.8, 4) is 0 Å². The minimum Gasteiger partial charge on any atom is -0.444 e. The number of aliphatic hydroxyl groups is 1. The highest BCUT2D eigenvalue weighted by atomic mass is 19.1. The molecule has 1 heterocycles. The van der Waals surface area contributed by atoms with Crippen molar-refractivity contribution in [2.45, 2.75) is 45.3 Å². The number of amides is 1. The molecule has 2 atom stereocenters. The Balaban J connectivity index is 1.87. The fourth-order valence-corrected chi connectivity index (χ4v) is 2.62. The number of nitrogens with zero attached hydrogens (tertiary/aromatic N) is 1. The Labute approximate surface area is 130 Å². The molecule has 1 aliphatic heterocycles. The van der Waals surface area contributed by atoms with E-state index in [0.29, 0.717) is 19.5 Å². The SMILES string of the molecule is CC(C)(C)OC(=O)N1CCC(C(O)Cc2ccc(F)cc2)C1. The zero-order valence-corrected chi connectivity index (χ0v) is 13.4. The van der Waals surface area contributed by atoms with E-state index >= 15 is 0 Å². The maximum atomic E-state index is 12.9. The molecule has 1 aromatic rings. The normalized spacial score (nSPS) is 20.0. The van der Waals surface area contributed by atoms with Crippen LogP contribution >= 0.6 is 0 Å². The molecule has 1 fully saturated rings. The van der Waals surface area contributed by atoms with E-state index in [4.69, 9.17) is 4.74 Å². The third-order valence-electron chi connectivity index (χ3n) is 3.78. The standard InChI is InChI=1S/C17H24FNO3/c1-17(2,3)22-16(21)19-9-8-13(11-19)15(20)10-12-4-6-14(18)7-5-12/h4-7,13,15,20H,8-11H2,1-3H3. The number of ether oxygens (including phenoxy) is 1. The first-order valence-corrected chi connectivity index (χ1v) is 7.65. The minimum absolute atomic E-state index is 0.0255. The third kappa shape index (κ3) is 4.70. The molecule has 0 bridgehead atoms. The largest absolute Gasteiger partial charge is 0.444 e. The fraction of sp³-hybridized carbons (Fsp3) is 0.588. The Hall–Kier alpha value is -1.62. The summed E-state index contributed by atoms with van der Waals surface area (Å²) in [6.45, 7) is 6.60. The predicted octanol–water partition coefficient (Wildman–Crippen LogP) is 2.99. The van der Waals surface area contributed by atoms with Crippen LogP contribution in [0.25, 0.3) is 0 Å². The van der Waals surface area contributed by atoms with Gasteiger partial charge in [0, 0.05) is 19.0 Å². The number of benzene rings is 1. The molecule has 1 amide bonds. The molecule has 5 heteroatoms. The van der Waals surface area contributed by atoms with Crippen LogP contribution in [0, 0.1) is 11.7 Å². The summed E-state index contributed by atoms with van der Waals surface area (Å²) in [5, 5.41) is 10.3. The lowest BCUT2D eigenvalue weighted by Crippen LogP contribution is -2.36. The van der Waals surface area contributed by atoms with Crippen LogP contribution in [0.4, 0.5) is 9.18 Å². The molecule has 0 aliphatic carbocycles. The first-order valence-electron chi connectivity index (χ1n) is 7.65. The summed E-state index contributed by atoms with van der Waals surface area (Å²) in [5.74, 6) is -0.257. The summed E-state index contributed by atoms with van der Waals surface area (Å²) in [6.07, 6.45) is 0.344. The van der Waals surface area contributed by atoms with Crippen LogP contribution in [-0.2, 0) is 11.2 Å². The number of aliphatic hydroxyl groups excluding tert-OH is 1. The van der Waals surface area contributed by atoms with Gasteiger partial charge < -0.3 is 14.7 Å². The molecule has 2 rings (SSSR count). The fourth-order valence-electron chi connectivity index (χ4n) is 2.62. The molecule has 22 heavy (non-hydrogen) atoms. The number of likely N-dealkylation sites (tertiary alicyclic amines) is 1. The van der Waals surface area contributed by atoms with Crippen LogP contribution in [0.2, 0.25) is 0 Å². The lowest BCUT2D eigenvalue weighted by molar-refractivity contribution is 0.0269. The Morgan fingerprint density at radius 1 is 1.41 bits per heavy atom. The first kappa shape index (κ1) is 16.7. The first-order chi connectivity index (χ1) is 10.2. The van der Waals surface area contributed by atoms with E-state index in [1.54, 1.807) is 17.0 Å². The van der Waals surface area contributed by atoms with Crippen molar-refractivity contribution in [2.75, 3.05) is 13.1 Å². The predicted molar refractivity (Wildman–Crippen MR) is 82.0 cm³/mol. The van der Waals surface area contributed by atoms with E-state index in [9.17, 15) is 14.3 Å². The van der Waals surface area contributed by atoms with Crippen molar-refractivity contribution in [2.24, 2.45) is 5.92 Å². The maximum absolute atomic E-state index is 12.9. The van der Waals surface area contributed by atoms with Gasteiger partial charge in [-0.15, -0.1) is 0 Å². The zero-order chi connectivity index (χ0) is 16.3. The van der Waals surface area contributed by atoms with Gasteiger partial charge in [0.2, 0.25) is 0 Å². The van der Waals surface area contributed by atoms with E-state index in [1.165, 1.54) is 12.1 Å². The lowest BCUT2D eigenvalue weighted by atomic mass is 9.95. The molecule has 122 valence electrons. The smallest absolute Gasteiger partial charge is 0.410 e. The van der Waals surface area contributed by atoms with Gasteiger partial charge in [0.15, 0.2) is 0 Å². The molecule has 1 N–H and O–H groups in total. The molecule has 4 nitrogen and oxygen atoms in total. The summed E-state index contributed by atoms with van der Waals surface area (Å²) >= 11 is 0. The van der Waals surface area contributed by atoms with E-state index in [2.05, 4.69) is 0 Å². The highest BCUT2D eigenvalue weighted by Gasteiger charge is 2.33. The summed E-state index contributed by atoms with van der Waals surface area (Å²) in [4.78, 5) is 13.6. The Morgan fingerprint density at radius 2 is 2.05 bits per heavy atom. The maximum Gasteiger partial charge on any atom is 0.410 e. The van der Waals surface area contributed by atoms with Crippen LogP contribution in [0.15, 0.2) is 24.3 Å². The number of hydrogen-bond donors (Lipinski definition) is 1. The van der Waals surface area contributed by atoms with Gasteiger partial charge in [-0.3, -0.25) is 0 Å². The molecular weight excluding hydrogens is 285 g/mol. The number of carbonyl (C=O) groups excluding carboxylic acids is 1. The highest BCUT2D eigenvalue weighted by Crippen LogP contribution is 2.24. The van der Waals surface area contributed by atoms with Gasteiger partial charge in [-0.1, -0.05) is 12.1 Å². The molecule has 0 saturated carbocycles. The van der Waals surface area contributed by atoms with Gasteiger partial charge >= 0.3 is 6.09 Å². The van der Waals surface area contributed by atoms with Crippen molar-refractivity contribution >= 4 is 6.09 Å². The quantitative estimate of drug-likeness (QED) is 0.934. The lowest BCUT2D eigenvalue weighted by Gasteiger charge is -2.25. The van der Waals surface area contributed by atoms with E-state index in [1.807, 2.05) is 20.8 Å². The Morgan fingerprint density at radius 3 is 2.64 bits per heavy atom. The van der Waals surface area contributed by atoms with Crippen LogP contribution in [0.3, 0.4) is 0 Å². The van der Waals surface area contributed by atoms with Gasteiger partial charge in [-0.25, -0.2) is 9.18 Å². The van der Waals surface area contributed by atoms with Crippen molar-refractivity contribution in [1.82, 2.24) is 4.90 Å². The number of hydrogen-bond acceptors (Lipinski definition) is 3. The highest BCUT2D eigenvalue weighted by molar-refractivity contribution is 5.68. The average molecular weight is 309 g/mol. The van der Waals surface area contributed by atoms with Crippen molar-refractivity contribution < 1.29 is 19.0 Å². The molecular formula is C17H24FNO3. The second-order valence-corrected chi connectivity index (χ2v) is 6.87. The van der Waals surface area contributed by atoms with Crippen LogP contribution in [-0.4, -0.2) is 40.9 Å². The minimum atomic E-state index is -0.544. The number of halogens is 1. The van der Waals surface area contributed by atoms with Crippen LogP contribution in [0.1, 0.15) is 32.8 Å². The summed E-state index contributed by atoms with van der Waals surface area (Å²) in [5.41, 5.74) is 0.381. The topological polar surface area (TPSA) is 49.8 Å². The molecule has 0 radical (unpaired) electrons. The van der Waals surface area contributed by atoms with E-state index in [0.717, 1.165) is 12.0 Å². The van der Waals surface area contributed by atoms with Crippen molar-refractivity contribution in [3.63, 3.8) is 0 Å². The second kappa shape index (κ2) is 6.65. The third-order valence-corrected chi connectivity index (χ3v) is 3.78. The molecule has 1 aromatic carbocycles. The monoisotopic (exact) mass is 309 g/mol. The Bertz CT molecular complexity index is 510. The number of rotatable bonds is 3. The molecule has 1 aliphatic rings. The van der Waals surface area contributed by atoms with Crippen molar-refractivity contribution in [1.29, 1.82) is 0 Å². The van der Waals surface area contributed by atoms with Crippen LogP contribution in [0.5, 0.6) is 0 Å². The van der Waals surface area contributed by atoms with Gasteiger partial charge in [0.1, 0.15) is 11.4 Å².